The number of aliphatic imine (C=N–C) groups is 2. The number of rotatable bonds is 2. The number of hydrogen-bond acceptors (Lipinski definition) is 4. The Labute approximate surface area is 275 Å². The maximum Gasteiger partial charge on any atom is 0.0397 e. The lowest BCUT2D eigenvalue weighted by molar-refractivity contribution is 0.167. The van der Waals surface area contributed by atoms with Crippen molar-refractivity contribution in [2.75, 3.05) is 39.3 Å². The molecule has 0 saturated heterocycles. The van der Waals surface area contributed by atoms with E-state index >= 15 is 0 Å². The molecule has 2 saturated carbocycles. The molecule has 0 amide bonds. The lowest BCUT2D eigenvalue weighted by Gasteiger charge is -2.32. The van der Waals surface area contributed by atoms with E-state index in [1.807, 2.05) is 0 Å². The van der Waals surface area contributed by atoms with Crippen LogP contribution in [0.3, 0.4) is 0 Å². The predicted molar refractivity (Wildman–Crippen MR) is 196 cm³/mol. The number of hydrogen-bond donors (Lipinski definition) is 0. The van der Waals surface area contributed by atoms with Gasteiger partial charge in [-0.1, -0.05) is 116 Å². The highest BCUT2D eigenvalue weighted by atomic mass is 15.2. The highest BCUT2D eigenvalue weighted by molar-refractivity contribution is 5.57. The second kappa shape index (κ2) is 27.4. The van der Waals surface area contributed by atoms with Crippen molar-refractivity contribution in [3.05, 3.63) is 0 Å². The van der Waals surface area contributed by atoms with Gasteiger partial charge in [0.15, 0.2) is 0 Å². The van der Waals surface area contributed by atoms with Gasteiger partial charge < -0.3 is 9.80 Å². The van der Waals surface area contributed by atoms with Gasteiger partial charge in [-0.3, -0.25) is 9.98 Å². The van der Waals surface area contributed by atoms with E-state index < -0.39 is 0 Å². The Morgan fingerprint density at radius 2 is 0.614 bits per heavy atom. The van der Waals surface area contributed by atoms with Crippen molar-refractivity contribution in [3.63, 3.8) is 0 Å². The van der Waals surface area contributed by atoms with E-state index in [2.05, 4.69) is 32.2 Å². The standard InChI is InChI=1S/2C20H38N2/c2*1-2-4-6-10-15-20(14-9-5-3-1)22-18-12-8-7-11-16-21-17-13-19-22/h2*16,20H,1-15,17-19H2. The third kappa shape index (κ3) is 19.0. The molecule has 0 aromatic carbocycles. The van der Waals surface area contributed by atoms with Gasteiger partial charge in [0, 0.05) is 38.3 Å². The van der Waals surface area contributed by atoms with Gasteiger partial charge in [0.05, 0.1) is 0 Å². The summed E-state index contributed by atoms with van der Waals surface area (Å²) in [6.45, 7) is 7.33. The van der Waals surface area contributed by atoms with Crippen molar-refractivity contribution in [1.82, 2.24) is 9.80 Å². The van der Waals surface area contributed by atoms with Gasteiger partial charge in [-0.25, -0.2) is 0 Å². The Kier molecular flexibility index (Phi) is 23.5. The summed E-state index contributed by atoms with van der Waals surface area (Å²) in [4.78, 5) is 14.8. The van der Waals surface area contributed by atoms with Crippen LogP contribution in [-0.4, -0.2) is 73.6 Å². The predicted octanol–water partition coefficient (Wildman–Crippen LogP) is 11.2. The fourth-order valence-corrected chi connectivity index (χ4v) is 8.16. The lowest BCUT2D eigenvalue weighted by atomic mass is 10.00. The zero-order valence-corrected chi connectivity index (χ0v) is 29.6. The monoisotopic (exact) mass is 613 g/mol. The largest absolute Gasteiger partial charge is 0.300 e. The van der Waals surface area contributed by atoms with Crippen LogP contribution in [0.25, 0.3) is 0 Å². The Balaban J connectivity index is 0.000000240. The van der Waals surface area contributed by atoms with Gasteiger partial charge in [0.1, 0.15) is 0 Å². The molecule has 2 aliphatic heterocycles. The van der Waals surface area contributed by atoms with Crippen LogP contribution >= 0.6 is 0 Å². The first-order valence-corrected chi connectivity index (χ1v) is 20.4. The van der Waals surface area contributed by atoms with Crippen molar-refractivity contribution in [3.8, 4) is 0 Å². The molecule has 0 spiro atoms. The Hall–Kier alpha value is -0.740. The van der Waals surface area contributed by atoms with Crippen molar-refractivity contribution in [2.24, 2.45) is 9.98 Å². The van der Waals surface area contributed by atoms with E-state index in [0.29, 0.717) is 0 Å². The second-order valence-electron chi connectivity index (χ2n) is 14.8. The molecule has 0 N–H and O–H groups in total. The average molecular weight is 613 g/mol. The molecule has 0 bridgehead atoms. The van der Waals surface area contributed by atoms with Crippen LogP contribution in [-0.2, 0) is 0 Å². The third-order valence-electron chi connectivity index (χ3n) is 11.0. The fraction of sp³-hybridized carbons (Fsp3) is 0.950. The molecule has 256 valence electrons. The molecule has 0 atom stereocenters. The van der Waals surface area contributed by atoms with Gasteiger partial charge in [0.25, 0.3) is 0 Å². The SMILES string of the molecule is C1=NCCCN(C2CCCCCCCCCC2)CCCCC1.C1=NCCCN(C2CCCCCCCCCC2)CCCCC1. The van der Waals surface area contributed by atoms with Crippen LogP contribution in [0.4, 0.5) is 0 Å². The molecule has 2 fully saturated rings. The van der Waals surface area contributed by atoms with E-state index in [4.69, 9.17) is 0 Å². The first-order valence-electron chi connectivity index (χ1n) is 20.4. The van der Waals surface area contributed by atoms with Crippen LogP contribution in [0.1, 0.15) is 193 Å². The van der Waals surface area contributed by atoms with Crippen LogP contribution in [0.15, 0.2) is 9.98 Å². The van der Waals surface area contributed by atoms with Crippen molar-refractivity contribution < 1.29 is 0 Å². The van der Waals surface area contributed by atoms with Gasteiger partial charge >= 0.3 is 0 Å². The van der Waals surface area contributed by atoms with Crippen LogP contribution in [0, 0.1) is 0 Å². The maximum atomic E-state index is 4.58. The zero-order chi connectivity index (χ0) is 30.6. The van der Waals surface area contributed by atoms with Gasteiger partial charge in [-0.05, 0) is 103 Å². The summed E-state index contributed by atoms with van der Waals surface area (Å²) in [5.41, 5.74) is 0. The summed E-state index contributed by atoms with van der Waals surface area (Å²) < 4.78 is 0. The second-order valence-corrected chi connectivity index (χ2v) is 14.8. The van der Waals surface area contributed by atoms with E-state index in [1.165, 1.54) is 219 Å². The number of nitrogens with zero attached hydrogens (tertiary/aromatic N) is 4. The molecule has 2 aliphatic carbocycles. The molecule has 4 rings (SSSR count). The molecule has 44 heavy (non-hydrogen) atoms. The topological polar surface area (TPSA) is 31.2 Å². The molecular formula is C40H76N4. The molecule has 2 heterocycles. The average Bonchev–Trinajstić information content (AvgIpc) is 3.22. The summed E-state index contributed by atoms with van der Waals surface area (Å²) >= 11 is 0. The van der Waals surface area contributed by atoms with E-state index in [0.717, 1.165) is 25.2 Å². The minimum Gasteiger partial charge on any atom is -0.300 e. The first-order chi connectivity index (χ1) is 21.9. The van der Waals surface area contributed by atoms with Crippen molar-refractivity contribution in [1.29, 1.82) is 0 Å². The Morgan fingerprint density at radius 3 is 0.977 bits per heavy atom. The molecule has 4 nitrogen and oxygen atoms in total. The molecule has 4 heteroatoms. The van der Waals surface area contributed by atoms with Crippen molar-refractivity contribution >= 4 is 12.4 Å². The molecular weight excluding hydrogens is 536 g/mol. The molecule has 0 aromatic heterocycles. The third-order valence-corrected chi connectivity index (χ3v) is 11.0. The molecule has 4 aliphatic rings. The van der Waals surface area contributed by atoms with E-state index in [1.54, 1.807) is 0 Å². The Morgan fingerprint density at radius 1 is 0.318 bits per heavy atom. The highest BCUT2D eigenvalue weighted by Crippen LogP contribution is 2.23. The summed E-state index contributed by atoms with van der Waals surface area (Å²) in [7, 11) is 0. The lowest BCUT2D eigenvalue weighted by Crippen LogP contribution is -2.37. The van der Waals surface area contributed by atoms with Gasteiger partial charge in [-0.15, -0.1) is 0 Å². The van der Waals surface area contributed by atoms with Crippen molar-refractivity contribution in [2.45, 2.75) is 205 Å². The fourth-order valence-electron chi connectivity index (χ4n) is 8.16. The van der Waals surface area contributed by atoms with Crippen LogP contribution in [0.5, 0.6) is 0 Å². The minimum atomic E-state index is 0.864. The quantitative estimate of drug-likeness (QED) is 0.311. The summed E-state index contributed by atoms with van der Waals surface area (Å²) in [5.74, 6) is 0. The first kappa shape index (κ1) is 37.7. The Bertz CT molecular complexity index is 609. The molecule has 0 radical (unpaired) electrons. The highest BCUT2D eigenvalue weighted by Gasteiger charge is 2.19. The zero-order valence-electron chi connectivity index (χ0n) is 29.6. The summed E-state index contributed by atoms with van der Waals surface area (Å²) in [5, 5.41) is 0. The smallest absolute Gasteiger partial charge is 0.0397 e. The molecule has 0 unspecified atom stereocenters. The van der Waals surface area contributed by atoms with Crippen LogP contribution in [0.2, 0.25) is 0 Å². The van der Waals surface area contributed by atoms with Crippen LogP contribution < -0.4 is 0 Å². The van der Waals surface area contributed by atoms with E-state index in [-0.39, 0.29) is 0 Å². The minimum absolute atomic E-state index is 0.864. The summed E-state index contributed by atoms with van der Waals surface area (Å²) in [6, 6.07) is 1.73. The normalized spacial score (nSPS) is 26.0. The van der Waals surface area contributed by atoms with Gasteiger partial charge in [0.2, 0.25) is 0 Å². The molecule has 0 aromatic rings. The van der Waals surface area contributed by atoms with Gasteiger partial charge in [-0.2, -0.15) is 0 Å². The van der Waals surface area contributed by atoms with E-state index in [9.17, 15) is 0 Å². The maximum absolute atomic E-state index is 4.58. The summed E-state index contributed by atoms with van der Waals surface area (Å²) in [6.07, 6.45) is 46.8.